The normalized spacial score (nSPS) is 26.4. The number of guanidine groups is 1. The Kier molecular flexibility index (Phi) is 1.72. The smallest absolute Gasteiger partial charge is 0.189 e. The SMILES string of the molecule is NC(=NC1CC1)NC1CCC1. The minimum atomic E-state index is 0.544. The number of rotatable bonds is 2. The average Bonchev–Trinajstić information content (AvgIpc) is 2.62. The number of aliphatic imine (C=N–C) groups is 1. The lowest BCUT2D eigenvalue weighted by Crippen LogP contribution is -2.43. The van der Waals surface area contributed by atoms with Crippen LogP contribution < -0.4 is 11.1 Å². The molecule has 0 bridgehead atoms. The zero-order valence-electron chi connectivity index (χ0n) is 6.71. The lowest BCUT2D eigenvalue weighted by molar-refractivity contribution is 0.382. The highest BCUT2D eigenvalue weighted by Crippen LogP contribution is 2.23. The van der Waals surface area contributed by atoms with Crippen LogP contribution in [0.1, 0.15) is 32.1 Å². The molecule has 2 rings (SSSR count). The first-order chi connectivity index (χ1) is 5.34. The van der Waals surface area contributed by atoms with E-state index in [2.05, 4.69) is 10.3 Å². The summed E-state index contributed by atoms with van der Waals surface area (Å²) in [6.45, 7) is 0. The Morgan fingerprint density at radius 1 is 1.27 bits per heavy atom. The van der Waals surface area contributed by atoms with Crippen molar-refractivity contribution in [1.29, 1.82) is 0 Å². The van der Waals surface area contributed by atoms with Crippen LogP contribution in [0.25, 0.3) is 0 Å². The molecule has 2 fully saturated rings. The van der Waals surface area contributed by atoms with Gasteiger partial charge in [0.1, 0.15) is 0 Å². The predicted molar refractivity (Wildman–Crippen MR) is 45.4 cm³/mol. The van der Waals surface area contributed by atoms with E-state index in [9.17, 15) is 0 Å². The lowest BCUT2D eigenvalue weighted by atomic mass is 9.93. The third-order valence-electron chi connectivity index (χ3n) is 2.33. The predicted octanol–water partition coefficient (Wildman–Crippen LogP) is 0.606. The zero-order valence-corrected chi connectivity index (χ0v) is 6.71. The van der Waals surface area contributed by atoms with Gasteiger partial charge in [0.2, 0.25) is 0 Å². The Morgan fingerprint density at radius 2 is 2.00 bits per heavy atom. The zero-order chi connectivity index (χ0) is 7.68. The summed E-state index contributed by atoms with van der Waals surface area (Å²) in [5.41, 5.74) is 5.66. The molecule has 3 heteroatoms. The summed E-state index contributed by atoms with van der Waals surface area (Å²) < 4.78 is 0. The van der Waals surface area contributed by atoms with Gasteiger partial charge in [-0.05, 0) is 32.1 Å². The fraction of sp³-hybridized carbons (Fsp3) is 0.875. The lowest BCUT2D eigenvalue weighted by Gasteiger charge is -2.26. The number of nitrogens with two attached hydrogens (primary N) is 1. The highest BCUT2D eigenvalue weighted by atomic mass is 15.1. The van der Waals surface area contributed by atoms with Gasteiger partial charge in [-0.25, -0.2) is 0 Å². The molecule has 0 unspecified atom stereocenters. The van der Waals surface area contributed by atoms with Crippen molar-refractivity contribution < 1.29 is 0 Å². The fourth-order valence-electron chi connectivity index (χ4n) is 1.20. The van der Waals surface area contributed by atoms with Crippen molar-refractivity contribution in [2.45, 2.75) is 44.2 Å². The molecule has 0 aromatic carbocycles. The molecule has 2 aliphatic rings. The van der Waals surface area contributed by atoms with Crippen LogP contribution >= 0.6 is 0 Å². The molecular weight excluding hydrogens is 138 g/mol. The molecule has 0 amide bonds. The van der Waals surface area contributed by atoms with Crippen LogP contribution in [-0.2, 0) is 0 Å². The second-order valence-corrected chi connectivity index (χ2v) is 3.52. The molecule has 0 heterocycles. The van der Waals surface area contributed by atoms with Gasteiger partial charge in [0.25, 0.3) is 0 Å². The molecule has 62 valence electrons. The molecule has 3 N–H and O–H groups in total. The van der Waals surface area contributed by atoms with Gasteiger partial charge in [0.05, 0.1) is 6.04 Å². The standard InChI is InChI=1S/C8H15N3/c9-8(11-7-4-5-7)10-6-2-1-3-6/h6-7H,1-5H2,(H3,9,10,11). The minimum absolute atomic E-state index is 0.544. The summed E-state index contributed by atoms with van der Waals surface area (Å²) >= 11 is 0. The van der Waals surface area contributed by atoms with Crippen LogP contribution in [0, 0.1) is 0 Å². The van der Waals surface area contributed by atoms with Crippen molar-refractivity contribution in [2.75, 3.05) is 0 Å². The summed E-state index contributed by atoms with van der Waals surface area (Å²) in [6, 6.07) is 1.17. The minimum Gasteiger partial charge on any atom is -0.370 e. The van der Waals surface area contributed by atoms with Gasteiger partial charge >= 0.3 is 0 Å². The van der Waals surface area contributed by atoms with Crippen LogP contribution in [-0.4, -0.2) is 18.0 Å². The fourth-order valence-corrected chi connectivity index (χ4v) is 1.20. The molecule has 0 aliphatic heterocycles. The Hall–Kier alpha value is -0.730. The van der Waals surface area contributed by atoms with E-state index >= 15 is 0 Å². The van der Waals surface area contributed by atoms with E-state index in [-0.39, 0.29) is 0 Å². The summed E-state index contributed by atoms with van der Waals surface area (Å²) in [5, 5.41) is 3.22. The summed E-state index contributed by atoms with van der Waals surface area (Å²) in [6.07, 6.45) is 6.33. The molecule has 0 aromatic rings. The highest BCUT2D eigenvalue weighted by Gasteiger charge is 2.22. The summed E-state index contributed by atoms with van der Waals surface area (Å²) in [4.78, 5) is 4.29. The van der Waals surface area contributed by atoms with Gasteiger partial charge in [-0.3, -0.25) is 4.99 Å². The first-order valence-corrected chi connectivity index (χ1v) is 4.44. The van der Waals surface area contributed by atoms with Gasteiger partial charge in [0, 0.05) is 6.04 Å². The molecular formula is C8H15N3. The third kappa shape index (κ3) is 1.85. The van der Waals surface area contributed by atoms with E-state index in [1.165, 1.54) is 32.1 Å². The van der Waals surface area contributed by atoms with Crippen LogP contribution in [0.4, 0.5) is 0 Å². The van der Waals surface area contributed by atoms with Gasteiger partial charge in [-0.1, -0.05) is 0 Å². The van der Waals surface area contributed by atoms with E-state index in [1.807, 2.05) is 0 Å². The van der Waals surface area contributed by atoms with Crippen molar-refractivity contribution in [3.63, 3.8) is 0 Å². The van der Waals surface area contributed by atoms with Gasteiger partial charge < -0.3 is 11.1 Å². The van der Waals surface area contributed by atoms with Crippen molar-refractivity contribution in [3.05, 3.63) is 0 Å². The first-order valence-electron chi connectivity index (χ1n) is 4.44. The molecule has 2 saturated carbocycles. The number of nitrogens with one attached hydrogen (secondary N) is 1. The first kappa shape index (κ1) is 6.95. The van der Waals surface area contributed by atoms with Crippen molar-refractivity contribution in [2.24, 2.45) is 10.7 Å². The van der Waals surface area contributed by atoms with E-state index in [1.54, 1.807) is 0 Å². The van der Waals surface area contributed by atoms with Crippen LogP contribution in [0.2, 0.25) is 0 Å². The molecule has 0 atom stereocenters. The van der Waals surface area contributed by atoms with Crippen LogP contribution in [0.15, 0.2) is 4.99 Å². The quantitative estimate of drug-likeness (QED) is 0.451. The van der Waals surface area contributed by atoms with E-state index in [0.29, 0.717) is 18.0 Å². The maximum atomic E-state index is 5.66. The second kappa shape index (κ2) is 2.72. The molecule has 0 spiro atoms. The molecule has 0 aromatic heterocycles. The largest absolute Gasteiger partial charge is 0.370 e. The molecule has 2 aliphatic carbocycles. The number of hydrogen-bond acceptors (Lipinski definition) is 1. The van der Waals surface area contributed by atoms with Gasteiger partial charge in [-0.15, -0.1) is 0 Å². The Bertz CT molecular complexity index is 168. The van der Waals surface area contributed by atoms with Crippen LogP contribution in [0.5, 0.6) is 0 Å². The topological polar surface area (TPSA) is 50.4 Å². The van der Waals surface area contributed by atoms with Crippen molar-refractivity contribution in [3.8, 4) is 0 Å². The van der Waals surface area contributed by atoms with Crippen molar-refractivity contribution >= 4 is 5.96 Å². The Balaban J connectivity index is 1.74. The molecule has 0 radical (unpaired) electrons. The highest BCUT2D eigenvalue weighted by molar-refractivity contribution is 5.78. The molecule has 11 heavy (non-hydrogen) atoms. The van der Waals surface area contributed by atoms with Gasteiger partial charge in [-0.2, -0.15) is 0 Å². The van der Waals surface area contributed by atoms with Crippen molar-refractivity contribution in [1.82, 2.24) is 5.32 Å². The molecule has 0 saturated heterocycles. The van der Waals surface area contributed by atoms with E-state index in [4.69, 9.17) is 5.73 Å². The monoisotopic (exact) mass is 153 g/mol. The maximum Gasteiger partial charge on any atom is 0.189 e. The second-order valence-electron chi connectivity index (χ2n) is 3.52. The third-order valence-corrected chi connectivity index (χ3v) is 2.33. The summed E-state index contributed by atoms with van der Waals surface area (Å²) in [7, 11) is 0. The maximum absolute atomic E-state index is 5.66. The van der Waals surface area contributed by atoms with E-state index < -0.39 is 0 Å². The Morgan fingerprint density at radius 3 is 2.45 bits per heavy atom. The van der Waals surface area contributed by atoms with Crippen LogP contribution in [0.3, 0.4) is 0 Å². The number of hydrogen-bond donors (Lipinski definition) is 2. The average molecular weight is 153 g/mol. The molecule has 3 nitrogen and oxygen atoms in total. The van der Waals surface area contributed by atoms with E-state index in [0.717, 1.165) is 0 Å². The Labute approximate surface area is 67.1 Å². The number of nitrogens with zero attached hydrogens (tertiary/aromatic N) is 1. The van der Waals surface area contributed by atoms with Gasteiger partial charge in [0.15, 0.2) is 5.96 Å². The summed E-state index contributed by atoms with van der Waals surface area (Å²) in [5.74, 6) is 0.664.